The molecule has 0 heterocycles. The third kappa shape index (κ3) is 9.29. The van der Waals surface area contributed by atoms with Gasteiger partial charge >= 0.3 is 0 Å². The second-order valence-electron chi connectivity index (χ2n) is 10.5. The largest absolute Gasteiger partial charge is 0.352 e. The molecule has 0 saturated heterocycles. The van der Waals surface area contributed by atoms with Gasteiger partial charge in [0.15, 0.2) is 0 Å². The highest BCUT2D eigenvalue weighted by Gasteiger charge is 2.31. The van der Waals surface area contributed by atoms with E-state index < -0.39 is 21.9 Å². The summed E-state index contributed by atoms with van der Waals surface area (Å²) in [5.74, 6) is -0.990. The van der Waals surface area contributed by atoms with Crippen LogP contribution in [0, 0.1) is 12.7 Å². The van der Waals surface area contributed by atoms with Crippen molar-refractivity contribution in [1.29, 1.82) is 0 Å². The van der Waals surface area contributed by atoms with Crippen molar-refractivity contribution in [3.8, 4) is 0 Å². The number of rotatable bonds is 14. The molecule has 2 atom stereocenters. The maximum absolute atomic E-state index is 13.9. The number of halogens is 2. The molecule has 0 spiro atoms. The van der Waals surface area contributed by atoms with Crippen LogP contribution in [0.4, 0.5) is 10.1 Å². The molecule has 42 heavy (non-hydrogen) atoms. The van der Waals surface area contributed by atoms with Crippen molar-refractivity contribution >= 4 is 39.1 Å². The summed E-state index contributed by atoms with van der Waals surface area (Å²) in [5.41, 5.74) is 2.64. The summed E-state index contributed by atoms with van der Waals surface area (Å²) in [6.07, 6.45) is 2.33. The first-order valence-electron chi connectivity index (χ1n) is 14.0. The summed E-state index contributed by atoms with van der Waals surface area (Å²) in [4.78, 5) is 29.0. The van der Waals surface area contributed by atoms with Crippen LogP contribution in [0.5, 0.6) is 0 Å². The minimum atomic E-state index is -3.66. The lowest BCUT2D eigenvalue weighted by molar-refractivity contribution is -0.141. The average Bonchev–Trinajstić information content (AvgIpc) is 2.95. The van der Waals surface area contributed by atoms with Crippen molar-refractivity contribution in [2.75, 3.05) is 17.1 Å². The smallest absolute Gasteiger partial charge is 0.243 e. The molecule has 2 amide bonds. The van der Waals surface area contributed by atoms with E-state index in [1.807, 2.05) is 44.2 Å². The van der Waals surface area contributed by atoms with Gasteiger partial charge in [0.1, 0.15) is 11.9 Å². The van der Waals surface area contributed by atoms with Gasteiger partial charge in [-0.3, -0.25) is 13.9 Å². The van der Waals surface area contributed by atoms with E-state index in [4.69, 9.17) is 11.6 Å². The topological polar surface area (TPSA) is 86.8 Å². The molecule has 7 nitrogen and oxygen atoms in total. The average molecular weight is 616 g/mol. The number of benzene rings is 3. The molecule has 226 valence electrons. The normalized spacial score (nSPS) is 12.8. The van der Waals surface area contributed by atoms with Crippen molar-refractivity contribution in [1.82, 2.24) is 10.2 Å². The Balaban J connectivity index is 1.90. The van der Waals surface area contributed by atoms with Gasteiger partial charge in [0, 0.05) is 37.0 Å². The monoisotopic (exact) mass is 615 g/mol. The van der Waals surface area contributed by atoms with Crippen molar-refractivity contribution in [3.05, 3.63) is 100 Å². The second-order valence-corrected chi connectivity index (χ2v) is 12.8. The van der Waals surface area contributed by atoms with Crippen LogP contribution in [-0.4, -0.2) is 50.0 Å². The molecule has 0 bridgehead atoms. The predicted octanol–water partition coefficient (Wildman–Crippen LogP) is 5.89. The van der Waals surface area contributed by atoms with Crippen LogP contribution >= 0.6 is 11.6 Å². The van der Waals surface area contributed by atoms with E-state index in [9.17, 15) is 22.4 Å². The van der Waals surface area contributed by atoms with E-state index in [1.165, 1.54) is 21.3 Å². The predicted molar refractivity (Wildman–Crippen MR) is 166 cm³/mol. The number of sulfonamides is 1. The lowest BCUT2D eigenvalue weighted by Crippen LogP contribution is -2.52. The molecule has 3 aromatic rings. The van der Waals surface area contributed by atoms with Crippen LogP contribution in [-0.2, 0) is 32.6 Å². The maximum Gasteiger partial charge on any atom is 0.243 e. The Bertz CT molecular complexity index is 1450. The minimum absolute atomic E-state index is 0.00523. The molecular formula is C32H39ClFN3O4S. The fourth-order valence-electron chi connectivity index (χ4n) is 4.63. The first kappa shape index (κ1) is 33.1. The second kappa shape index (κ2) is 15.2. The molecule has 0 aliphatic heterocycles. The van der Waals surface area contributed by atoms with Crippen molar-refractivity contribution in [2.45, 2.75) is 65.1 Å². The van der Waals surface area contributed by atoms with Crippen LogP contribution in [0.15, 0.2) is 72.8 Å². The van der Waals surface area contributed by atoms with Gasteiger partial charge in [0.05, 0.1) is 11.9 Å². The maximum atomic E-state index is 13.9. The van der Waals surface area contributed by atoms with Crippen LogP contribution in [0.3, 0.4) is 0 Å². The highest BCUT2D eigenvalue weighted by Crippen LogP contribution is 2.28. The molecule has 3 aromatic carbocycles. The van der Waals surface area contributed by atoms with E-state index in [2.05, 4.69) is 5.32 Å². The van der Waals surface area contributed by atoms with Crippen molar-refractivity contribution in [2.24, 2.45) is 0 Å². The number of hydrogen-bond acceptors (Lipinski definition) is 4. The number of carbonyl (C=O) groups is 2. The summed E-state index contributed by atoms with van der Waals surface area (Å²) in [6, 6.07) is 19.4. The number of anilines is 1. The van der Waals surface area contributed by atoms with Crippen molar-refractivity contribution < 1.29 is 22.4 Å². The molecule has 1 N–H and O–H groups in total. The highest BCUT2D eigenvalue weighted by molar-refractivity contribution is 7.92. The van der Waals surface area contributed by atoms with Gasteiger partial charge in [0.25, 0.3) is 0 Å². The molecular weight excluding hydrogens is 577 g/mol. The number of nitrogens with zero attached hydrogens (tertiary/aromatic N) is 2. The Labute approximate surface area is 253 Å². The number of carbonyl (C=O) groups excluding carboxylic acids is 2. The molecule has 0 fully saturated rings. The van der Waals surface area contributed by atoms with E-state index in [-0.39, 0.29) is 50.2 Å². The molecule has 0 aliphatic rings. The summed E-state index contributed by atoms with van der Waals surface area (Å²) in [6.45, 7) is 5.76. The SMILES string of the molecule is CC[C@@H](C)NC(=O)[C@@H](Cc1ccccc1)N(Cc1ccc(F)cc1)C(=O)CCCN(c1cccc(Cl)c1C)S(C)(=O)=O. The van der Waals surface area contributed by atoms with Crippen LogP contribution in [0.2, 0.25) is 5.02 Å². The van der Waals surface area contributed by atoms with Crippen LogP contribution < -0.4 is 9.62 Å². The van der Waals surface area contributed by atoms with Crippen molar-refractivity contribution in [3.63, 3.8) is 0 Å². The summed E-state index contributed by atoms with van der Waals surface area (Å²) >= 11 is 6.25. The molecule has 0 saturated carbocycles. The van der Waals surface area contributed by atoms with Gasteiger partial charge in [-0.25, -0.2) is 12.8 Å². The minimum Gasteiger partial charge on any atom is -0.352 e. The number of nitrogens with one attached hydrogen (secondary N) is 1. The zero-order valence-electron chi connectivity index (χ0n) is 24.5. The quantitative estimate of drug-likeness (QED) is 0.245. The fourth-order valence-corrected chi connectivity index (χ4v) is 5.82. The van der Waals surface area contributed by atoms with E-state index >= 15 is 0 Å². The Kier molecular flexibility index (Phi) is 11.9. The third-order valence-electron chi connectivity index (χ3n) is 7.20. The summed E-state index contributed by atoms with van der Waals surface area (Å²) in [5, 5.41) is 3.46. The van der Waals surface area contributed by atoms with Crippen LogP contribution in [0.25, 0.3) is 0 Å². The number of hydrogen-bond donors (Lipinski definition) is 1. The standard InChI is InChI=1S/C32H39ClFN3O4S/c1-5-23(2)35-32(39)30(21-25-11-7-6-8-12-25)36(22-26-16-18-27(34)19-17-26)31(38)15-10-20-37(42(4,40)41)29-14-9-13-28(33)24(29)3/h6-9,11-14,16-19,23,30H,5,10,15,20-22H2,1-4H3,(H,35,39)/t23-,30-/m1/s1. The van der Waals surface area contributed by atoms with E-state index in [0.717, 1.165) is 18.2 Å². The zero-order valence-corrected chi connectivity index (χ0v) is 26.1. The molecule has 0 unspecified atom stereocenters. The third-order valence-corrected chi connectivity index (χ3v) is 8.79. The van der Waals surface area contributed by atoms with Gasteiger partial charge < -0.3 is 10.2 Å². The molecule has 3 rings (SSSR count). The van der Waals surface area contributed by atoms with E-state index in [1.54, 1.807) is 37.3 Å². The summed E-state index contributed by atoms with van der Waals surface area (Å²) < 4.78 is 40.3. The van der Waals surface area contributed by atoms with Gasteiger partial charge in [-0.15, -0.1) is 0 Å². The van der Waals surface area contributed by atoms with Gasteiger partial charge in [-0.2, -0.15) is 0 Å². The van der Waals surface area contributed by atoms with E-state index in [0.29, 0.717) is 21.8 Å². The van der Waals surface area contributed by atoms with Gasteiger partial charge in [0.2, 0.25) is 21.8 Å². The molecule has 0 aromatic heterocycles. The Morgan fingerprint density at radius 1 is 0.976 bits per heavy atom. The first-order valence-corrected chi connectivity index (χ1v) is 16.2. The van der Waals surface area contributed by atoms with Gasteiger partial charge in [-0.1, -0.05) is 67.1 Å². The Morgan fingerprint density at radius 3 is 2.26 bits per heavy atom. The molecule has 0 aliphatic carbocycles. The molecule has 10 heteroatoms. The highest BCUT2D eigenvalue weighted by atomic mass is 35.5. The lowest BCUT2D eigenvalue weighted by atomic mass is 10.0. The Hall–Kier alpha value is -3.43. The lowest BCUT2D eigenvalue weighted by Gasteiger charge is -2.33. The Morgan fingerprint density at radius 2 is 1.64 bits per heavy atom. The zero-order chi connectivity index (χ0) is 30.9. The first-order chi connectivity index (χ1) is 19.9. The number of amides is 2. The van der Waals surface area contributed by atoms with Crippen LogP contribution in [0.1, 0.15) is 49.8 Å². The summed E-state index contributed by atoms with van der Waals surface area (Å²) in [7, 11) is -3.66. The molecule has 0 radical (unpaired) electrons. The fraction of sp³-hybridized carbons (Fsp3) is 0.375. The van der Waals surface area contributed by atoms with Gasteiger partial charge in [-0.05, 0) is 67.6 Å².